The number of nitrogens with one attached hydrogen (secondary N) is 1. The van der Waals surface area contributed by atoms with Crippen LogP contribution in [0.15, 0.2) is 23.1 Å². The molecule has 1 heterocycles. The second kappa shape index (κ2) is 5.66. The summed E-state index contributed by atoms with van der Waals surface area (Å²) in [5.74, 6) is -0.851. The van der Waals surface area contributed by atoms with Crippen molar-refractivity contribution < 1.29 is 23.2 Å². The summed E-state index contributed by atoms with van der Waals surface area (Å²) in [6.45, 7) is 0.268. The summed E-state index contributed by atoms with van der Waals surface area (Å²) in [6, 6.07) is 2.87. The summed E-state index contributed by atoms with van der Waals surface area (Å²) >= 11 is 0. The molecule has 0 saturated carbocycles. The summed E-state index contributed by atoms with van der Waals surface area (Å²) in [7, 11) is -3.96. The van der Waals surface area contributed by atoms with Crippen molar-refractivity contribution in [1.82, 2.24) is 9.62 Å². The molecule has 1 aromatic carbocycles. The van der Waals surface area contributed by atoms with Crippen molar-refractivity contribution in [2.24, 2.45) is 0 Å². The van der Waals surface area contributed by atoms with E-state index in [0.717, 1.165) is 22.5 Å². The van der Waals surface area contributed by atoms with Gasteiger partial charge in [-0.3, -0.25) is 14.9 Å². The van der Waals surface area contributed by atoms with Crippen molar-refractivity contribution in [2.45, 2.75) is 11.3 Å². The smallest absolute Gasteiger partial charge is 0.312 e. The third-order valence-electron chi connectivity index (χ3n) is 3.05. The molecule has 0 aromatic heterocycles. The number of nitro groups is 1. The first-order valence-electron chi connectivity index (χ1n) is 6.06. The molecule has 1 aliphatic rings. The van der Waals surface area contributed by atoms with Crippen LogP contribution < -0.4 is 5.32 Å². The molecule has 2 rings (SSSR count). The van der Waals surface area contributed by atoms with E-state index in [1.54, 1.807) is 0 Å². The lowest BCUT2D eigenvalue weighted by atomic mass is 10.3. The van der Waals surface area contributed by atoms with Gasteiger partial charge >= 0.3 is 5.69 Å². The Morgan fingerprint density at radius 2 is 2.05 bits per heavy atom. The number of amides is 1. The van der Waals surface area contributed by atoms with Crippen LogP contribution in [0.1, 0.15) is 6.42 Å². The van der Waals surface area contributed by atoms with E-state index in [1.165, 1.54) is 0 Å². The molecule has 1 amide bonds. The number of hydrogen-bond donors (Lipinski definition) is 2. The van der Waals surface area contributed by atoms with Crippen LogP contribution in [-0.2, 0) is 14.8 Å². The Bertz CT molecular complexity index is 687. The predicted octanol–water partition coefficient (Wildman–Crippen LogP) is -0.189. The average molecular weight is 315 g/mol. The Morgan fingerprint density at radius 1 is 1.33 bits per heavy atom. The van der Waals surface area contributed by atoms with E-state index >= 15 is 0 Å². The predicted molar refractivity (Wildman–Crippen MR) is 71.1 cm³/mol. The zero-order valence-corrected chi connectivity index (χ0v) is 11.7. The molecular formula is C11H13N3O6S. The number of nitro benzene ring substituents is 1. The van der Waals surface area contributed by atoms with Crippen LogP contribution in [0.3, 0.4) is 0 Å². The van der Waals surface area contributed by atoms with Crippen molar-refractivity contribution in [1.29, 1.82) is 0 Å². The molecule has 0 spiro atoms. The first-order valence-corrected chi connectivity index (χ1v) is 7.50. The molecule has 1 fully saturated rings. The highest BCUT2D eigenvalue weighted by atomic mass is 32.2. The fourth-order valence-corrected chi connectivity index (χ4v) is 3.41. The van der Waals surface area contributed by atoms with Gasteiger partial charge < -0.3 is 10.4 Å². The maximum Gasteiger partial charge on any atom is 0.312 e. The van der Waals surface area contributed by atoms with Crippen molar-refractivity contribution in [3.05, 3.63) is 28.3 Å². The van der Waals surface area contributed by atoms with E-state index in [1.807, 2.05) is 0 Å². The topological polar surface area (TPSA) is 130 Å². The third kappa shape index (κ3) is 3.11. The highest BCUT2D eigenvalue weighted by Gasteiger charge is 2.29. The van der Waals surface area contributed by atoms with Crippen molar-refractivity contribution in [3.63, 3.8) is 0 Å². The van der Waals surface area contributed by atoms with Gasteiger partial charge in [-0.1, -0.05) is 0 Å². The Kier molecular flexibility index (Phi) is 4.09. The van der Waals surface area contributed by atoms with E-state index in [9.17, 15) is 28.4 Å². The number of carbonyl (C=O) groups is 1. The van der Waals surface area contributed by atoms with Gasteiger partial charge in [-0.05, 0) is 12.1 Å². The molecule has 0 aliphatic carbocycles. The monoisotopic (exact) mass is 315 g/mol. The molecule has 0 atom stereocenters. The van der Waals surface area contributed by atoms with Gasteiger partial charge in [-0.2, -0.15) is 4.31 Å². The minimum absolute atomic E-state index is 0.00282. The number of rotatable bonds is 3. The van der Waals surface area contributed by atoms with Gasteiger partial charge in [-0.25, -0.2) is 8.42 Å². The highest BCUT2D eigenvalue weighted by Crippen LogP contribution is 2.29. The molecule has 21 heavy (non-hydrogen) atoms. The second-order valence-electron chi connectivity index (χ2n) is 4.41. The molecule has 10 heteroatoms. The summed E-state index contributed by atoms with van der Waals surface area (Å²) in [5, 5.41) is 22.7. The van der Waals surface area contributed by atoms with E-state index < -0.39 is 26.4 Å². The number of nitrogens with zero attached hydrogens (tertiary/aromatic N) is 2. The van der Waals surface area contributed by atoms with E-state index in [0.29, 0.717) is 0 Å². The molecule has 0 bridgehead atoms. The van der Waals surface area contributed by atoms with E-state index in [-0.39, 0.29) is 36.9 Å². The number of hydrogen-bond acceptors (Lipinski definition) is 6. The molecular weight excluding hydrogens is 302 g/mol. The number of sulfonamides is 1. The maximum absolute atomic E-state index is 12.4. The fraction of sp³-hybridized carbons (Fsp3) is 0.364. The van der Waals surface area contributed by atoms with Gasteiger partial charge in [0.25, 0.3) is 0 Å². The molecule has 1 saturated heterocycles. The number of carbonyl (C=O) groups excluding carboxylic acids is 1. The van der Waals surface area contributed by atoms with Crippen LogP contribution in [0.5, 0.6) is 5.75 Å². The van der Waals surface area contributed by atoms with E-state index in [4.69, 9.17) is 0 Å². The first-order chi connectivity index (χ1) is 9.82. The second-order valence-corrected chi connectivity index (χ2v) is 6.35. The minimum Gasteiger partial charge on any atom is -0.502 e. The van der Waals surface area contributed by atoms with Gasteiger partial charge in [0.15, 0.2) is 5.75 Å². The standard InChI is InChI=1S/C11H13N3O6S/c15-10-2-1-8(7-9(10)14(17)18)21(19,20)13-5-3-11(16)12-4-6-13/h1-2,7,15H,3-6H2,(H,12,16). The van der Waals surface area contributed by atoms with Crippen LogP contribution in [0.4, 0.5) is 5.69 Å². The summed E-state index contributed by atoms with van der Waals surface area (Å²) in [5.41, 5.74) is -0.680. The largest absolute Gasteiger partial charge is 0.502 e. The molecule has 114 valence electrons. The third-order valence-corrected chi connectivity index (χ3v) is 4.95. The van der Waals surface area contributed by atoms with Crippen LogP contribution in [0, 0.1) is 10.1 Å². The van der Waals surface area contributed by atoms with Crippen LogP contribution in [-0.4, -0.2) is 48.3 Å². The lowest BCUT2D eigenvalue weighted by Crippen LogP contribution is -2.34. The lowest BCUT2D eigenvalue weighted by Gasteiger charge is -2.19. The average Bonchev–Trinajstić information content (AvgIpc) is 2.63. The fourth-order valence-electron chi connectivity index (χ4n) is 1.95. The molecule has 0 unspecified atom stereocenters. The van der Waals surface area contributed by atoms with Gasteiger partial charge in [0, 0.05) is 32.1 Å². The molecule has 1 aromatic rings. The number of phenols is 1. The van der Waals surface area contributed by atoms with Gasteiger partial charge in [0.05, 0.1) is 9.82 Å². The zero-order chi connectivity index (χ0) is 15.6. The van der Waals surface area contributed by atoms with Crippen molar-refractivity contribution in [3.8, 4) is 5.75 Å². The quantitative estimate of drug-likeness (QED) is 0.587. The molecule has 0 radical (unpaired) electrons. The lowest BCUT2D eigenvalue weighted by molar-refractivity contribution is -0.386. The molecule has 9 nitrogen and oxygen atoms in total. The number of benzene rings is 1. The normalized spacial score (nSPS) is 17.0. The summed E-state index contributed by atoms with van der Waals surface area (Å²) in [6.07, 6.45) is 0.0272. The van der Waals surface area contributed by atoms with Crippen molar-refractivity contribution >= 4 is 21.6 Å². The first kappa shape index (κ1) is 15.2. The Hall–Kier alpha value is -2.20. The zero-order valence-electron chi connectivity index (χ0n) is 10.9. The van der Waals surface area contributed by atoms with Crippen LogP contribution >= 0.6 is 0 Å². The summed E-state index contributed by atoms with van der Waals surface area (Å²) < 4.78 is 25.9. The minimum atomic E-state index is -3.96. The maximum atomic E-state index is 12.4. The SMILES string of the molecule is O=C1CCN(S(=O)(=O)c2ccc(O)c([N+](=O)[O-])c2)CCN1. The van der Waals surface area contributed by atoms with E-state index in [2.05, 4.69) is 5.32 Å². The molecule has 1 aliphatic heterocycles. The van der Waals surface area contributed by atoms with Crippen LogP contribution in [0.25, 0.3) is 0 Å². The highest BCUT2D eigenvalue weighted by molar-refractivity contribution is 7.89. The Labute approximate surface area is 120 Å². The molecule has 2 N–H and O–H groups in total. The van der Waals surface area contributed by atoms with Crippen molar-refractivity contribution in [2.75, 3.05) is 19.6 Å². The Balaban J connectivity index is 2.37. The van der Waals surface area contributed by atoms with Gasteiger partial charge in [0.1, 0.15) is 0 Å². The Morgan fingerprint density at radius 3 is 2.71 bits per heavy atom. The van der Waals surface area contributed by atoms with Gasteiger partial charge in [0.2, 0.25) is 15.9 Å². The summed E-state index contributed by atoms with van der Waals surface area (Å²) in [4.78, 5) is 20.8. The number of phenolic OH excluding ortho intramolecular Hbond substituents is 1. The van der Waals surface area contributed by atoms with Gasteiger partial charge in [-0.15, -0.1) is 0 Å². The van der Waals surface area contributed by atoms with Crippen LogP contribution in [0.2, 0.25) is 0 Å². The number of aromatic hydroxyl groups is 1.